The summed E-state index contributed by atoms with van der Waals surface area (Å²) in [5.41, 5.74) is 4.85. The number of rotatable bonds is 16. The van der Waals surface area contributed by atoms with Gasteiger partial charge >= 0.3 is 5.97 Å². The van der Waals surface area contributed by atoms with Gasteiger partial charge in [-0.25, -0.2) is 18.2 Å². The molecule has 0 spiro atoms. The maximum absolute atomic E-state index is 14.0. The first-order valence-electron chi connectivity index (χ1n) is 16.3. The van der Waals surface area contributed by atoms with Crippen LogP contribution >= 0.6 is 0 Å². The second-order valence-corrected chi connectivity index (χ2v) is 13.7. The lowest BCUT2D eigenvalue weighted by atomic mass is 10.1. The van der Waals surface area contributed by atoms with Crippen LogP contribution in [0.2, 0.25) is 0 Å². The van der Waals surface area contributed by atoms with Crippen LogP contribution in [0.5, 0.6) is 5.75 Å². The van der Waals surface area contributed by atoms with E-state index in [9.17, 15) is 18.3 Å². The van der Waals surface area contributed by atoms with Crippen LogP contribution < -0.4 is 9.04 Å². The first-order valence-corrected chi connectivity index (χ1v) is 17.8. The summed E-state index contributed by atoms with van der Waals surface area (Å²) < 4.78 is 37.6. The molecule has 8 nitrogen and oxygen atoms in total. The molecule has 1 unspecified atom stereocenters. The molecule has 246 valence electrons. The number of sulfonamides is 1. The Morgan fingerprint density at radius 3 is 2.26 bits per heavy atom. The Kier molecular flexibility index (Phi) is 11.0. The van der Waals surface area contributed by atoms with Crippen LogP contribution in [0.4, 0.5) is 5.69 Å². The van der Waals surface area contributed by atoms with Gasteiger partial charge in [-0.15, -0.1) is 0 Å². The number of carboxylic acids is 1. The Labute approximate surface area is 277 Å². The molecular formula is C38H43N3O5S. The number of nitrogens with zero attached hydrogens (tertiary/aromatic N) is 3. The third-order valence-electron chi connectivity index (χ3n) is 8.27. The summed E-state index contributed by atoms with van der Waals surface area (Å²) in [7, 11) is -3.79. The molecule has 0 saturated heterocycles. The largest absolute Gasteiger partial charge is 0.478 e. The molecule has 0 amide bonds. The number of benzene rings is 4. The van der Waals surface area contributed by atoms with E-state index in [0.29, 0.717) is 30.1 Å². The molecule has 0 fully saturated rings. The van der Waals surface area contributed by atoms with Crippen molar-refractivity contribution in [3.63, 3.8) is 0 Å². The van der Waals surface area contributed by atoms with Crippen LogP contribution in [-0.4, -0.2) is 35.6 Å². The standard InChI is InChI=1S/C38H43N3O5S/c1-4-6-11-25-41(47(44,45)33-22-15-28(3)16-23-33)31-19-24-34-35(26-31)40(36(39-34)14-7-5-2)27-29-17-20-32(21-18-29)46-37(38(42)43)30-12-9-8-10-13-30/h8-10,12-13,15-24,26,37H,4-7,11,14,25,27H2,1-3H3,(H,42,43). The molecule has 1 atom stereocenters. The predicted octanol–water partition coefficient (Wildman–Crippen LogP) is 8.33. The van der Waals surface area contributed by atoms with Gasteiger partial charge in [0.2, 0.25) is 6.10 Å². The number of imidazole rings is 1. The zero-order chi connectivity index (χ0) is 33.4. The van der Waals surface area contributed by atoms with Crippen molar-refractivity contribution >= 4 is 32.7 Å². The number of aryl methyl sites for hydroxylation is 2. The minimum Gasteiger partial charge on any atom is -0.478 e. The molecule has 47 heavy (non-hydrogen) atoms. The quantitative estimate of drug-likeness (QED) is 0.108. The molecule has 0 aliphatic carbocycles. The third kappa shape index (κ3) is 8.03. The molecule has 0 radical (unpaired) electrons. The minimum atomic E-state index is -3.79. The van der Waals surface area contributed by atoms with Gasteiger partial charge in [0.15, 0.2) is 0 Å². The Morgan fingerprint density at radius 2 is 1.60 bits per heavy atom. The summed E-state index contributed by atoms with van der Waals surface area (Å²) in [6.07, 6.45) is 4.34. The zero-order valence-electron chi connectivity index (χ0n) is 27.3. The normalized spacial score (nSPS) is 12.2. The second-order valence-electron chi connectivity index (χ2n) is 11.9. The highest BCUT2D eigenvalue weighted by molar-refractivity contribution is 7.92. The van der Waals surface area contributed by atoms with Crippen molar-refractivity contribution < 1.29 is 23.1 Å². The molecule has 5 rings (SSSR count). The fourth-order valence-corrected chi connectivity index (χ4v) is 7.13. The van der Waals surface area contributed by atoms with Crippen molar-refractivity contribution in [3.05, 3.63) is 120 Å². The number of ether oxygens (including phenoxy) is 1. The van der Waals surface area contributed by atoms with E-state index < -0.39 is 22.1 Å². The maximum atomic E-state index is 14.0. The van der Waals surface area contributed by atoms with E-state index in [1.807, 2.05) is 55.5 Å². The van der Waals surface area contributed by atoms with Crippen LogP contribution in [-0.2, 0) is 27.8 Å². The molecule has 5 aromatic rings. The number of aromatic nitrogens is 2. The lowest BCUT2D eigenvalue weighted by Gasteiger charge is -2.25. The summed E-state index contributed by atoms with van der Waals surface area (Å²) in [5.74, 6) is 0.334. The lowest BCUT2D eigenvalue weighted by molar-refractivity contribution is -0.145. The lowest BCUT2D eigenvalue weighted by Crippen LogP contribution is -2.32. The summed E-state index contributed by atoms with van der Waals surface area (Å²) >= 11 is 0. The van der Waals surface area contributed by atoms with Crippen LogP contribution in [0, 0.1) is 6.92 Å². The van der Waals surface area contributed by atoms with Gasteiger partial charge < -0.3 is 14.4 Å². The van der Waals surface area contributed by atoms with E-state index in [1.54, 1.807) is 48.5 Å². The van der Waals surface area contributed by atoms with Gasteiger partial charge in [-0.2, -0.15) is 0 Å². The molecule has 0 aliphatic rings. The van der Waals surface area contributed by atoms with E-state index >= 15 is 0 Å². The molecule has 1 heterocycles. The van der Waals surface area contributed by atoms with Gasteiger partial charge in [0.25, 0.3) is 10.0 Å². The van der Waals surface area contributed by atoms with Crippen molar-refractivity contribution in [2.24, 2.45) is 0 Å². The Balaban J connectivity index is 1.48. The van der Waals surface area contributed by atoms with Gasteiger partial charge in [0.05, 0.1) is 21.6 Å². The average Bonchev–Trinajstić information content (AvgIpc) is 3.41. The minimum absolute atomic E-state index is 0.275. The van der Waals surface area contributed by atoms with Gasteiger partial charge in [-0.05, 0) is 67.8 Å². The van der Waals surface area contributed by atoms with Crippen molar-refractivity contribution in [1.29, 1.82) is 0 Å². The van der Waals surface area contributed by atoms with Crippen LogP contribution in [0.25, 0.3) is 11.0 Å². The molecule has 4 aromatic carbocycles. The average molecular weight is 654 g/mol. The van der Waals surface area contributed by atoms with Crippen LogP contribution in [0.3, 0.4) is 0 Å². The van der Waals surface area contributed by atoms with Crippen molar-refractivity contribution in [3.8, 4) is 5.75 Å². The summed E-state index contributed by atoms with van der Waals surface area (Å²) in [6.45, 7) is 7.09. The Morgan fingerprint density at radius 1 is 0.894 bits per heavy atom. The SMILES string of the molecule is CCCCCN(c1ccc2nc(CCCC)n(Cc3ccc(OC(C(=O)O)c4ccccc4)cc3)c2c1)S(=O)(=O)c1ccc(C)cc1. The summed E-state index contributed by atoms with van der Waals surface area (Å²) in [6, 6.07) is 29.0. The van der Waals surface area contributed by atoms with Gasteiger partial charge in [-0.1, -0.05) is 93.3 Å². The maximum Gasteiger partial charge on any atom is 0.349 e. The van der Waals surface area contributed by atoms with Gasteiger partial charge in [0, 0.05) is 25.1 Å². The molecule has 1 N–H and O–H groups in total. The number of aliphatic carboxylic acids is 1. The van der Waals surface area contributed by atoms with Crippen molar-refractivity contribution in [1.82, 2.24) is 9.55 Å². The van der Waals surface area contributed by atoms with Gasteiger partial charge in [0.1, 0.15) is 11.6 Å². The van der Waals surface area contributed by atoms with E-state index in [1.165, 1.54) is 4.31 Å². The van der Waals surface area contributed by atoms with E-state index in [2.05, 4.69) is 18.4 Å². The third-order valence-corrected chi connectivity index (χ3v) is 10.1. The first kappa shape index (κ1) is 33.7. The number of hydrogen-bond acceptors (Lipinski definition) is 5. The van der Waals surface area contributed by atoms with Crippen LogP contribution in [0.1, 0.15) is 74.6 Å². The molecule has 0 saturated carbocycles. The molecule has 9 heteroatoms. The topological polar surface area (TPSA) is 102 Å². The number of fused-ring (bicyclic) bond motifs is 1. The van der Waals surface area contributed by atoms with Gasteiger partial charge in [-0.3, -0.25) is 4.31 Å². The molecular weight excluding hydrogens is 611 g/mol. The molecule has 0 aliphatic heterocycles. The predicted molar refractivity (Wildman–Crippen MR) is 187 cm³/mol. The monoisotopic (exact) mass is 653 g/mol. The summed E-state index contributed by atoms with van der Waals surface area (Å²) in [4.78, 5) is 17.2. The van der Waals surface area contributed by atoms with E-state index in [-0.39, 0.29) is 4.90 Å². The number of hydrogen-bond donors (Lipinski definition) is 1. The highest BCUT2D eigenvalue weighted by Crippen LogP contribution is 2.30. The second kappa shape index (κ2) is 15.3. The zero-order valence-corrected chi connectivity index (χ0v) is 28.1. The highest BCUT2D eigenvalue weighted by Gasteiger charge is 2.26. The smallest absolute Gasteiger partial charge is 0.349 e. The fraction of sp³-hybridized carbons (Fsp3) is 0.316. The number of unbranched alkanes of at least 4 members (excludes halogenated alkanes) is 3. The highest BCUT2D eigenvalue weighted by atomic mass is 32.2. The Bertz CT molecular complexity index is 1890. The van der Waals surface area contributed by atoms with Crippen molar-refractivity contribution in [2.45, 2.75) is 76.8 Å². The first-order chi connectivity index (χ1) is 22.7. The van der Waals surface area contributed by atoms with Crippen LogP contribution in [0.15, 0.2) is 102 Å². The number of anilines is 1. The summed E-state index contributed by atoms with van der Waals surface area (Å²) in [5, 5.41) is 9.79. The number of carbonyl (C=O) groups is 1. The molecule has 0 bridgehead atoms. The fourth-order valence-electron chi connectivity index (χ4n) is 5.63. The van der Waals surface area contributed by atoms with E-state index in [4.69, 9.17) is 9.72 Å². The Hall–Kier alpha value is -4.63. The molecule has 1 aromatic heterocycles. The van der Waals surface area contributed by atoms with Crippen molar-refractivity contribution in [2.75, 3.05) is 10.8 Å². The number of carboxylic acid groups (broad SMARTS) is 1. The van der Waals surface area contributed by atoms with E-state index in [0.717, 1.165) is 66.5 Å².